The summed E-state index contributed by atoms with van der Waals surface area (Å²) in [6.07, 6.45) is 2.08. The Morgan fingerprint density at radius 2 is 1.80 bits per heavy atom. The van der Waals surface area contributed by atoms with Crippen LogP contribution < -0.4 is 10.6 Å². The number of carbonyl (C=O) groups is 2. The van der Waals surface area contributed by atoms with Gasteiger partial charge in [-0.15, -0.1) is 0 Å². The smallest absolute Gasteiger partial charge is 0.410 e. The maximum absolute atomic E-state index is 16.0. The fraction of sp³-hybridized carbons (Fsp3) is 0.514. The zero-order valence-corrected chi connectivity index (χ0v) is 31.1. The molecule has 10 nitrogen and oxygen atoms in total. The predicted molar refractivity (Wildman–Crippen MR) is 190 cm³/mol. The fourth-order valence-electron chi connectivity index (χ4n) is 7.17. The summed E-state index contributed by atoms with van der Waals surface area (Å²) in [6, 6.07) is 10.2. The van der Waals surface area contributed by atoms with Crippen molar-refractivity contribution < 1.29 is 28.2 Å². The molecule has 0 unspecified atom stereocenters. The highest BCUT2D eigenvalue weighted by Crippen LogP contribution is 2.53. The van der Waals surface area contributed by atoms with Gasteiger partial charge in [0.05, 0.1) is 29.3 Å². The number of nitrogens with one attached hydrogen (secondary N) is 2. The first-order chi connectivity index (χ1) is 23.7. The van der Waals surface area contributed by atoms with Crippen LogP contribution in [0.1, 0.15) is 77.8 Å². The molecule has 2 saturated heterocycles. The van der Waals surface area contributed by atoms with Crippen molar-refractivity contribution in [3.63, 3.8) is 0 Å². The summed E-state index contributed by atoms with van der Waals surface area (Å²) < 4.78 is 38.8. The molecule has 2 amide bonds. The van der Waals surface area contributed by atoms with E-state index in [1.165, 1.54) is 35.0 Å². The SMILES string of the molecule is CC(C)(C)C[C@@H]1N[C@@H](C(=O)Nc2ccn(CC3(O)CCN(C(=O)OC(C)(C)C)CC3)n2)[C@H](c2cccc(Cl)c2F)[C@@]1(C#N)c1ccc(Cl)cc1F. The van der Waals surface area contributed by atoms with Crippen LogP contribution in [0.2, 0.25) is 10.0 Å². The largest absolute Gasteiger partial charge is 0.444 e. The highest BCUT2D eigenvalue weighted by molar-refractivity contribution is 6.31. The Bertz CT molecular complexity index is 1830. The van der Waals surface area contributed by atoms with Crippen molar-refractivity contribution in [3.05, 3.63) is 81.5 Å². The van der Waals surface area contributed by atoms with Gasteiger partial charge < -0.3 is 25.4 Å². The molecule has 3 aromatic rings. The second kappa shape index (κ2) is 14.3. The van der Waals surface area contributed by atoms with Gasteiger partial charge in [0.25, 0.3) is 0 Å². The first-order valence-electron chi connectivity index (χ1n) is 16.9. The maximum atomic E-state index is 16.0. The molecule has 3 heterocycles. The molecule has 4 atom stereocenters. The number of hydrogen-bond acceptors (Lipinski definition) is 7. The van der Waals surface area contributed by atoms with E-state index >= 15 is 8.78 Å². The van der Waals surface area contributed by atoms with Crippen molar-refractivity contribution >= 4 is 41.0 Å². The molecule has 51 heavy (non-hydrogen) atoms. The lowest BCUT2D eigenvalue weighted by Crippen LogP contribution is -2.49. The number of ether oxygens (including phenoxy) is 1. The standard InChI is InChI=1S/C37H44Cl2F2N6O4/c1-34(2,3)19-27-37(20-42,24-11-10-22(38)18-26(24)40)29(23-8-7-9-25(39)30(23)41)31(43-27)32(48)44-28-12-15-47(45-28)21-36(50)13-16-46(17-14-36)33(49)51-35(4,5)6/h7-12,15,18,27,29,31,43,50H,13-14,16-17,19,21H2,1-6H3,(H,44,45,48)/t27-,29-,31+,37-/m0/s1. The lowest BCUT2D eigenvalue weighted by atomic mass is 9.62. The van der Waals surface area contributed by atoms with Gasteiger partial charge in [0.2, 0.25) is 5.91 Å². The topological polar surface area (TPSA) is 133 Å². The third kappa shape index (κ3) is 8.33. The minimum atomic E-state index is -1.77. The highest BCUT2D eigenvalue weighted by Gasteiger charge is 2.61. The minimum Gasteiger partial charge on any atom is -0.444 e. The zero-order valence-electron chi connectivity index (χ0n) is 29.6. The van der Waals surface area contributed by atoms with E-state index in [2.05, 4.69) is 21.8 Å². The first-order valence-corrected chi connectivity index (χ1v) is 17.6. The van der Waals surface area contributed by atoms with Crippen LogP contribution in [-0.4, -0.2) is 68.2 Å². The molecule has 2 aliphatic rings. The zero-order chi connectivity index (χ0) is 37.5. The second-order valence-electron chi connectivity index (χ2n) is 15.8. The summed E-state index contributed by atoms with van der Waals surface area (Å²) in [7, 11) is 0. The van der Waals surface area contributed by atoms with Crippen LogP contribution in [0.4, 0.5) is 19.4 Å². The van der Waals surface area contributed by atoms with Gasteiger partial charge in [0.1, 0.15) is 22.7 Å². The summed E-state index contributed by atoms with van der Waals surface area (Å²) in [5.74, 6) is -3.28. The van der Waals surface area contributed by atoms with Gasteiger partial charge in [0.15, 0.2) is 5.82 Å². The monoisotopic (exact) mass is 744 g/mol. The van der Waals surface area contributed by atoms with Crippen LogP contribution in [0, 0.1) is 28.4 Å². The molecular weight excluding hydrogens is 701 g/mol. The normalized spacial score (nSPS) is 23.5. The van der Waals surface area contributed by atoms with E-state index in [9.17, 15) is 20.0 Å². The van der Waals surface area contributed by atoms with Crippen molar-refractivity contribution in [2.75, 3.05) is 18.4 Å². The van der Waals surface area contributed by atoms with Gasteiger partial charge in [0, 0.05) is 47.9 Å². The molecule has 3 N–H and O–H groups in total. The number of hydrogen-bond donors (Lipinski definition) is 3. The van der Waals surface area contributed by atoms with Gasteiger partial charge in [-0.05, 0) is 69.2 Å². The number of rotatable bonds is 7. The van der Waals surface area contributed by atoms with E-state index in [4.69, 9.17) is 27.9 Å². The minimum absolute atomic E-state index is 0.0204. The number of halogens is 4. The molecule has 0 aliphatic carbocycles. The van der Waals surface area contributed by atoms with Gasteiger partial charge in [-0.3, -0.25) is 9.48 Å². The average Bonchev–Trinajstić information content (AvgIpc) is 3.58. The number of benzene rings is 2. The van der Waals surface area contributed by atoms with Gasteiger partial charge >= 0.3 is 6.09 Å². The van der Waals surface area contributed by atoms with Crippen molar-refractivity contribution in [2.24, 2.45) is 5.41 Å². The number of piperidine rings is 1. The van der Waals surface area contributed by atoms with E-state index in [0.29, 0.717) is 32.4 Å². The van der Waals surface area contributed by atoms with E-state index in [1.807, 2.05) is 20.8 Å². The quantitative estimate of drug-likeness (QED) is 0.233. The highest BCUT2D eigenvalue weighted by atomic mass is 35.5. The number of carbonyl (C=O) groups excluding carboxylic acids is 2. The number of nitrogens with zero attached hydrogens (tertiary/aromatic N) is 4. The summed E-state index contributed by atoms with van der Waals surface area (Å²) in [5.41, 5.74) is -4.01. The van der Waals surface area contributed by atoms with Crippen LogP contribution in [0.25, 0.3) is 0 Å². The fourth-order valence-corrected chi connectivity index (χ4v) is 7.51. The Kier molecular flexibility index (Phi) is 10.8. The molecule has 2 aromatic carbocycles. The van der Waals surface area contributed by atoms with Crippen molar-refractivity contribution in [1.29, 1.82) is 5.26 Å². The number of nitriles is 1. The molecule has 5 rings (SSSR count). The Hall–Kier alpha value is -3.76. The van der Waals surface area contributed by atoms with Gasteiger partial charge in [-0.25, -0.2) is 13.6 Å². The number of aromatic nitrogens is 2. The molecule has 1 aromatic heterocycles. The summed E-state index contributed by atoms with van der Waals surface area (Å²) >= 11 is 12.4. The van der Waals surface area contributed by atoms with Crippen molar-refractivity contribution in [3.8, 4) is 6.07 Å². The van der Waals surface area contributed by atoms with Crippen LogP contribution in [0.3, 0.4) is 0 Å². The molecule has 0 radical (unpaired) electrons. The molecule has 0 bridgehead atoms. The van der Waals surface area contributed by atoms with Crippen LogP contribution >= 0.6 is 23.2 Å². The predicted octanol–water partition coefficient (Wildman–Crippen LogP) is 7.19. The summed E-state index contributed by atoms with van der Waals surface area (Å²) in [6.45, 7) is 12.0. The first kappa shape index (κ1) is 38.5. The molecule has 0 spiro atoms. The molecule has 274 valence electrons. The van der Waals surface area contributed by atoms with Crippen molar-refractivity contribution in [2.45, 2.75) is 102 Å². The van der Waals surface area contributed by atoms with E-state index in [0.717, 1.165) is 6.07 Å². The Labute approximate surface area is 307 Å². The van der Waals surface area contributed by atoms with E-state index < -0.39 is 63.7 Å². The van der Waals surface area contributed by atoms with E-state index in [1.54, 1.807) is 37.9 Å². The third-order valence-corrected chi connectivity index (χ3v) is 9.95. The number of aliphatic hydroxyl groups is 1. The average molecular weight is 746 g/mol. The van der Waals surface area contributed by atoms with E-state index in [-0.39, 0.29) is 33.5 Å². The summed E-state index contributed by atoms with van der Waals surface area (Å²) in [4.78, 5) is 28.3. The van der Waals surface area contributed by atoms with Crippen molar-refractivity contribution in [1.82, 2.24) is 20.0 Å². The number of amides is 2. The lowest BCUT2D eigenvalue weighted by molar-refractivity contribution is -0.118. The molecular formula is C37H44Cl2F2N6O4. The molecule has 0 saturated carbocycles. The Balaban J connectivity index is 1.44. The van der Waals surface area contributed by atoms with Gasteiger partial charge in [-0.1, -0.05) is 62.2 Å². The van der Waals surface area contributed by atoms with Gasteiger partial charge in [-0.2, -0.15) is 10.4 Å². The molecule has 2 aliphatic heterocycles. The summed E-state index contributed by atoms with van der Waals surface area (Å²) in [5, 5.41) is 32.8. The Morgan fingerprint density at radius 3 is 2.41 bits per heavy atom. The van der Waals surface area contributed by atoms with Crippen LogP contribution in [0.15, 0.2) is 48.7 Å². The number of anilines is 1. The third-order valence-electron chi connectivity index (χ3n) is 9.43. The maximum Gasteiger partial charge on any atom is 0.410 e. The van der Waals surface area contributed by atoms with Crippen LogP contribution in [-0.2, 0) is 21.5 Å². The van der Waals surface area contributed by atoms with Crippen LogP contribution in [0.5, 0.6) is 0 Å². The number of likely N-dealkylation sites (tertiary alicyclic amines) is 1. The molecule has 2 fully saturated rings. The molecule has 14 heteroatoms. The Morgan fingerprint density at radius 1 is 1.12 bits per heavy atom. The lowest BCUT2D eigenvalue weighted by Gasteiger charge is -2.38. The second-order valence-corrected chi connectivity index (χ2v) is 16.6.